The van der Waals surface area contributed by atoms with Crippen LogP contribution in [-0.2, 0) is 0 Å². The fourth-order valence-corrected chi connectivity index (χ4v) is 3.91. The average Bonchev–Trinajstić information content (AvgIpc) is 3.33. The molecule has 3 aromatic rings. The normalized spacial score (nSPS) is 16.0. The van der Waals surface area contributed by atoms with E-state index in [1.54, 1.807) is 0 Å². The lowest BCUT2D eigenvalue weighted by molar-refractivity contribution is 0.0934. The van der Waals surface area contributed by atoms with Gasteiger partial charge in [-0.2, -0.15) is 5.10 Å². The van der Waals surface area contributed by atoms with Gasteiger partial charge in [0.05, 0.1) is 11.6 Å². The summed E-state index contributed by atoms with van der Waals surface area (Å²) < 4.78 is 0. The van der Waals surface area contributed by atoms with Crippen molar-refractivity contribution in [3.8, 4) is 0 Å². The molecule has 0 radical (unpaired) electrons. The van der Waals surface area contributed by atoms with Gasteiger partial charge in [0.15, 0.2) is 5.69 Å². The SMILES string of the molecule is O=C(NCC(c1ccccc1Cl)N1CCCC1)c1n[nH]c2ccccc12. The average molecular weight is 369 g/mol. The number of rotatable bonds is 5. The Morgan fingerprint density at radius 1 is 1.15 bits per heavy atom. The molecule has 26 heavy (non-hydrogen) atoms. The van der Waals surface area contributed by atoms with Crippen LogP contribution in [0.2, 0.25) is 5.02 Å². The Hall–Kier alpha value is -2.37. The number of fused-ring (bicyclic) bond motifs is 1. The highest BCUT2D eigenvalue weighted by molar-refractivity contribution is 6.31. The molecule has 1 fully saturated rings. The van der Waals surface area contributed by atoms with E-state index in [1.165, 1.54) is 12.8 Å². The number of H-pyrrole nitrogens is 1. The molecule has 0 saturated carbocycles. The first kappa shape index (κ1) is 17.1. The topological polar surface area (TPSA) is 61.0 Å². The van der Waals surface area contributed by atoms with Crippen molar-refractivity contribution in [3.05, 3.63) is 64.8 Å². The molecule has 0 spiro atoms. The Morgan fingerprint density at radius 2 is 1.88 bits per heavy atom. The van der Waals surface area contributed by atoms with Gasteiger partial charge in [0.2, 0.25) is 0 Å². The van der Waals surface area contributed by atoms with Gasteiger partial charge in [-0.15, -0.1) is 0 Å². The second-order valence-corrected chi connectivity index (χ2v) is 7.02. The van der Waals surface area contributed by atoms with Gasteiger partial charge in [-0.25, -0.2) is 0 Å². The summed E-state index contributed by atoms with van der Waals surface area (Å²) in [6.07, 6.45) is 2.36. The van der Waals surface area contributed by atoms with Crippen molar-refractivity contribution in [1.82, 2.24) is 20.4 Å². The lowest BCUT2D eigenvalue weighted by Crippen LogP contribution is -2.37. The molecule has 1 saturated heterocycles. The highest BCUT2D eigenvalue weighted by Crippen LogP contribution is 2.29. The number of hydrogen-bond donors (Lipinski definition) is 2. The van der Waals surface area contributed by atoms with E-state index in [4.69, 9.17) is 11.6 Å². The quantitative estimate of drug-likeness (QED) is 0.720. The van der Waals surface area contributed by atoms with Gasteiger partial charge in [-0.1, -0.05) is 48.0 Å². The molecule has 1 aliphatic heterocycles. The van der Waals surface area contributed by atoms with E-state index >= 15 is 0 Å². The Labute approximate surface area is 157 Å². The van der Waals surface area contributed by atoms with E-state index in [0.717, 1.165) is 34.6 Å². The predicted molar refractivity (Wildman–Crippen MR) is 103 cm³/mol. The molecule has 2 N–H and O–H groups in total. The fourth-order valence-electron chi connectivity index (χ4n) is 3.64. The van der Waals surface area contributed by atoms with Crippen molar-refractivity contribution in [3.63, 3.8) is 0 Å². The molecule has 5 nitrogen and oxygen atoms in total. The number of carbonyl (C=O) groups is 1. The van der Waals surface area contributed by atoms with Gasteiger partial charge >= 0.3 is 0 Å². The van der Waals surface area contributed by atoms with E-state index in [-0.39, 0.29) is 11.9 Å². The predicted octanol–water partition coefficient (Wildman–Crippen LogP) is 3.78. The van der Waals surface area contributed by atoms with Crippen LogP contribution in [-0.4, -0.2) is 40.6 Å². The van der Waals surface area contributed by atoms with Crippen molar-refractivity contribution >= 4 is 28.4 Å². The zero-order chi connectivity index (χ0) is 17.9. The zero-order valence-corrected chi connectivity index (χ0v) is 15.2. The first-order chi connectivity index (χ1) is 12.7. The number of nitrogens with one attached hydrogen (secondary N) is 2. The second kappa shape index (κ2) is 7.48. The Morgan fingerprint density at radius 3 is 2.69 bits per heavy atom. The highest BCUT2D eigenvalue weighted by atomic mass is 35.5. The number of halogens is 1. The molecule has 6 heteroatoms. The zero-order valence-electron chi connectivity index (χ0n) is 14.4. The molecular formula is C20H21ClN4O. The van der Waals surface area contributed by atoms with E-state index in [2.05, 4.69) is 20.4 Å². The first-order valence-electron chi connectivity index (χ1n) is 8.94. The summed E-state index contributed by atoms with van der Waals surface area (Å²) in [5.41, 5.74) is 2.35. The van der Waals surface area contributed by atoms with Crippen molar-refractivity contribution < 1.29 is 4.79 Å². The maximum absolute atomic E-state index is 12.7. The van der Waals surface area contributed by atoms with Crippen LogP contribution in [0.1, 0.15) is 34.9 Å². The van der Waals surface area contributed by atoms with Gasteiger partial charge < -0.3 is 5.32 Å². The molecule has 2 heterocycles. The summed E-state index contributed by atoms with van der Waals surface area (Å²) in [4.78, 5) is 15.1. The van der Waals surface area contributed by atoms with E-state index < -0.39 is 0 Å². The van der Waals surface area contributed by atoms with E-state index in [1.807, 2.05) is 48.5 Å². The van der Waals surface area contributed by atoms with Crippen LogP contribution in [0.4, 0.5) is 0 Å². The van der Waals surface area contributed by atoms with Crippen LogP contribution in [0.15, 0.2) is 48.5 Å². The molecular weight excluding hydrogens is 348 g/mol. The van der Waals surface area contributed by atoms with Gasteiger partial charge in [0.25, 0.3) is 5.91 Å². The highest BCUT2D eigenvalue weighted by Gasteiger charge is 2.26. The van der Waals surface area contributed by atoms with Gasteiger partial charge in [-0.3, -0.25) is 14.8 Å². The van der Waals surface area contributed by atoms with Crippen LogP contribution in [0, 0.1) is 0 Å². The molecule has 1 aromatic heterocycles. The third-order valence-corrected chi connectivity index (χ3v) is 5.33. The summed E-state index contributed by atoms with van der Waals surface area (Å²) in [6, 6.07) is 15.6. The summed E-state index contributed by atoms with van der Waals surface area (Å²) in [6.45, 7) is 2.55. The number of nitrogens with zero attached hydrogens (tertiary/aromatic N) is 2. The van der Waals surface area contributed by atoms with Crippen LogP contribution >= 0.6 is 11.6 Å². The number of para-hydroxylation sites is 1. The maximum Gasteiger partial charge on any atom is 0.272 e. The van der Waals surface area contributed by atoms with Crippen LogP contribution in [0.25, 0.3) is 10.9 Å². The summed E-state index contributed by atoms with van der Waals surface area (Å²) in [7, 11) is 0. The molecule has 0 bridgehead atoms. The minimum atomic E-state index is -0.168. The number of benzene rings is 2. The van der Waals surface area contributed by atoms with E-state index in [9.17, 15) is 4.79 Å². The number of aromatic nitrogens is 2. The number of carbonyl (C=O) groups excluding carboxylic acids is 1. The molecule has 1 amide bonds. The third-order valence-electron chi connectivity index (χ3n) is 4.99. The van der Waals surface area contributed by atoms with Gasteiger partial charge in [0.1, 0.15) is 0 Å². The van der Waals surface area contributed by atoms with Crippen molar-refractivity contribution in [2.45, 2.75) is 18.9 Å². The number of hydrogen-bond acceptors (Lipinski definition) is 3. The van der Waals surface area contributed by atoms with Crippen LogP contribution < -0.4 is 5.32 Å². The monoisotopic (exact) mass is 368 g/mol. The van der Waals surface area contributed by atoms with Crippen molar-refractivity contribution in [1.29, 1.82) is 0 Å². The number of aromatic amines is 1. The maximum atomic E-state index is 12.7. The minimum absolute atomic E-state index is 0.0698. The Kier molecular flexibility index (Phi) is 4.91. The molecule has 1 atom stereocenters. The smallest absolute Gasteiger partial charge is 0.272 e. The number of likely N-dealkylation sites (tertiary alicyclic amines) is 1. The van der Waals surface area contributed by atoms with Crippen molar-refractivity contribution in [2.75, 3.05) is 19.6 Å². The molecule has 4 rings (SSSR count). The summed E-state index contributed by atoms with van der Waals surface area (Å²) in [5, 5.41) is 11.7. The molecule has 1 unspecified atom stereocenters. The molecule has 0 aliphatic carbocycles. The third kappa shape index (κ3) is 3.32. The van der Waals surface area contributed by atoms with Crippen LogP contribution in [0.5, 0.6) is 0 Å². The molecule has 1 aliphatic rings. The summed E-state index contributed by atoms with van der Waals surface area (Å²) in [5.74, 6) is -0.168. The molecule has 2 aromatic carbocycles. The van der Waals surface area contributed by atoms with Gasteiger partial charge in [-0.05, 0) is 43.6 Å². The lowest BCUT2D eigenvalue weighted by Gasteiger charge is -2.28. The van der Waals surface area contributed by atoms with Crippen molar-refractivity contribution in [2.24, 2.45) is 0 Å². The standard InChI is InChI=1S/C20H21ClN4O/c21-16-9-3-1-7-14(16)18(25-11-5-6-12-25)13-22-20(26)19-15-8-2-4-10-17(15)23-24-19/h1-4,7-10,18H,5-6,11-13H2,(H,22,26)(H,23,24). The molecule has 134 valence electrons. The fraction of sp³-hybridized carbons (Fsp3) is 0.300. The largest absolute Gasteiger partial charge is 0.349 e. The minimum Gasteiger partial charge on any atom is -0.349 e. The van der Waals surface area contributed by atoms with E-state index in [0.29, 0.717) is 12.2 Å². The Balaban J connectivity index is 1.54. The second-order valence-electron chi connectivity index (χ2n) is 6.61. The van der Waals surface area contributed by atoms with Gasteiger partial charge in [0, 0.05) is 17.0 Å². The Bertz CT molecular complexity index is 917. The summed E-state index contributed by atoms with van der Waals surface area (Å²) >= 11 is 6.43. The lowest BCUT2D eigenvalue weighted by atomic mass is 10.1. The first-order valence-corrected chi connectivity index (χ1v) is 9.31. The number of amides is 1. The van der Waals surface area contributed by atoms with Crippen LogP contribution in [0.3, 0.4) is 0 Å².